The van der Waals surface area contributed by atoms with Crippen LogP contribution in [0.1, 0.15) is 46.6 Å². The molecule has 1 aliphatic carbocycles. The molecule has 1 aliphatic rings. The van der Waals surface area contributed by atoms with Crippen LogP contribution >= 0.6 is 0 Å². The third-order valence-electron chi connectivity index (χ3n) is 3.70. The Balaban J connectivity index is 1.87. The molecule has 2 aromatic rings. The highest BCUT2D eigenvalue weighted by molar-refractivity contribution is 5.47. The van der Waals surface area contributed by atoms with E-state index in [0.717, 1.165) is 17.0 Å². The number of aryl methyl sites for hydroxylation is 2. The van der Waals surface area contributed by atoms with Gasteiger partial charge in [-0.3, -0.25) is 0 Å². The minimum atomic E-state index is 0.793. The summed E-state index contributed by atoms with van der Waals surface area (Å²) in [4.78, 5) is 0. The van der Waals surface area contributed by atoms with Gasteiger partial charge < -0.3 is 0 Å². The molecule has 0 radical (unpaired) electrons. The first-order valence-electron chi connectivity index (χ1n) is 6.91. The summed E-state index contributed by atoms with van der Waals surface area (Å²) in [6.45, 7) is 4.30. The van der Waals surface area contributed by atoms with Gasteiger partial charge in [0.05, 0.1) is 0 Å². The van der Waals surface area contributed by atoms with Crippen LogP contribution in [0.25, 0.3) is 0 Å². The van der Waals surface area contributed by atoms with Gasteiger partial charge in [-0.15, -0.1) is 0 Å². The first kappa shape index (κ1) is 12.1. The van der Waals surface area contributed by atoms with Crippen molar-refractivity contribution in [2.75, 3.05) is 0 Å². The van der Waals surface area contributed by atoms with Gasteiger partial charge in [0, 0.05) is 11.1 Å². The summed E-state index contributed by atoms with van der Waals surface area (Å²) >= 11 is 0. The zero-order valence-electron chi connectivity index (χ0n) is 11.5. The summed E-state index contributed by atoms with van der Waals surface area (Å²) in [7, 11) is 0. The molecule has 94 valence electrons. The van der Waals surface area contributed by atoms with Gasteiger partial charge in [-0.2, -0.15) is 0 Å². The Kier molecular flexibility index (Phi) is 3.13. The maximum Gasteiger partial charge on any atom is 0.0252 e. The van der Waals surface area contributed by atoms with Crippen molar-refractivity contribution in [1.29, 1.82) is 0 Å². The predicted octanol–water partition coefficient (Wildman–Crippen LogP) is 4.58. The van der Waals surface area contributed by atoms with Gasteiger partial charge in [-0.25, -0.2) is 0 Å². The van der Waals surface area contributed by atoms with E-state index in [0.29, 0.717) is 0 Å². The highest BCUT2D eigenvalue weighted by Crippen LogP contribution is 2.41. The van der Waals surface area contributed by atoms with Gasteiger partial charge in [0.25, 0.3) is 0 Å². The fraction of sp³-hybridized carbons (Fsp3) is 0.263. The molecule has 0 unspecified atom stereocenters. The molecular weight excluding hydrogens is 228 g/mol. The predicted molar refractivity (Wildman–Crippen MR) is 80.3 cm³/mol. The standard InChI is InChI=1S/C19H18/c1-14-3-6-16(7-4-14)9-10-17-8-5-15(2)19(13-17)18-11-12-18/h3-8,13,18H,11-12H2,1-2H3. The van der Waals surface area contributed by atoms with E-state index in [9.17, 15) is 0 Å². The molecule has 3 rings (SSSR count). The summed E-state index contributed by atoms with van der Waals surface area (Å²) < 4.78 is 0. The second-order valence-corrected chi connectivity index (χ2v) is 5.46. The molecule has 0 atom stereocenters. The monoisotopic (exact) mass is 246 g/mol. The molecule has 1 fully saturated rings. The Hall–Kier alpha value is -2.00. The van der Waals surface area contributed by atoms with Crippen molar-refractivity contribution in [3.05, 3.63) is 70.3 Å². The van der Waals surface area contributed by atoms with Crippen molar-refractivity contribution in [2.24, 2.45) is 0 Å². The molecule has 19 heavy (non-hydrogen) atoms. The molecule has 0 aliphatic heterocycles. The van der Waals surface area contributed by atoms with E-state index < -0.39 is 0 Å². The van der Waals surface area contributed by atoms with Crippen molar-refractivity contribution in [3.63, 3.8) is 0 Å². The SMILES string of the molecule is Cc1ccc(C#Cc2ccc(C)c(C3CC3)c2)cc1. The van der Waals surface area contributed by atoms with Crippen LogP contribution in [0.5, 0.6) is 0 Å². The number of benzene rings is 2. The molecule has 2 aromatic carbocycles. The smallest absolute Gasteiger partial charge is 0.0252 e. The van der Waals surface area contributed by atoms with E-state index in [-0.39, 0.29) is 0 Å². The average Bonchev–Trinajstić information content (AvgIpc) is 3.24. The zero-order chi connectivity index (χ0) is 13.2. The summed E-state index contributed by atoms with van der Waals surface area (Å²) in [6.07, 6.45) is 2.69. The maximum atomic E-state index is 3.28. The summed E-state index contributed by atoms with van der Waals surface area (Å²) in [5.74, 6) is 7.32. The van der Waals surface area contributed by atoms with E-state index in [1.165, 1.54) is 29.5 Å². The van der Waals surface area contributed by atoms with E-state index in [2.05, 4.69) is 68.2 Å². The second-order valence-electron chi connectivity index (χ2n) is 5.46. The minimum Gasteiger partial charge on any atom is -0.0617 e. The molecule has 0 aromatic heterocycles. The van der Waals surface area contributed by atoms with Crippen LogP contribution < -0.4 is 0 Å². The molecule has 0 nitrogen and oxygen atoms in total. The fourth-order valence-electron chi connectivity index (χ4n) is 2.33. The van der Waals surface area contributed by atoms with Crippen molar-refractivity contribution >= 4 is 0 Å². The largest absolute Gasteiger partial charge is 0.0617 e. The Morgan fingerprint density at radius 1 is 0.842 bits per heavy atom. The van der Waals surface area contributed by atoms with Crippen LogP contribution in [-0.2, 0) is 0 Å². The first-order valence-corrected chi connectivity index (χ1v) is 6.91. The molecule has 0 N–H and O–H groups in total. The minimum absolute atomic E-state index is 0.793. The highest BCUT2D eigenvalue weighted by atomic mass is 14.3. The Bertz CT molecular complexity index is 647. The molecule has 0 spiro atoms. The van der Waals surface area contributed by atoms with E-state index >= 15 is 0 Å². The van der Waals surface area contributed by atoms with Gasteiger partial charge >= 0.3 is 0 Å². The molecule has 0 bridgehead atoms. The van der Waals surface area contributed by atoms with Crippen LogP contribution in [0.15, 0.2) is 42.5 Å². The van der Waals surface area contributed by atoms with Gasteiger partial charge in [0.2, 0.25) is 0 Å². The lowest BCUT2D eigenvalue weighted by molar-refractivity contribution is 1.10. The molecule has 0 amide bonds. The third kappa shape index (κ3) is 2.88. The van der Waals surface area contributed by atoms with Crippen LogP contribution in [-0.4, -0.2) is 0 Å². The van der Waals surface area contributed by atoms with Crippen LogP contribution in [0.2, 0.25) is 0 Å². The topological polar surface area (TPSA) is 0 Å². The van der Waals surface area contributed by atoms with Crippen molar-refractivity contribution < 1.29 is 0 Å². The lowest BCUT2D eigenvalue weighted by atomic mass is 10.0. The highest BCUT2D eigenvalue weighted by Gasteiger charge is 2.24. The molecular formula is C19H18. The van der Waals surface area contributed by atoms with Crippen molar-refractivity contribution in [1.82, 2.24) is 0 Å². The lowest BCUT2D eigenvalue weighted by Gasteiger charge is -2.03. The van der Waals surface area contributed by atoms with E-state index in [1.807, 2.05) is 0 Å². The summed E-state index contributed by atoms with van der Waals surface area (Å²) in [6, 6.07) is 15.0. The van der Waals surface area contributed by atoms with E-state index in [1.54, 1.807) is 0 Å². The average molecular weight is 246 g/mol. The van der Waals surface area contributed by atoms with Gasteiger partial charge in [0.1, 0.15) is 0 Å². The van der Waals surface area contributed by atoms with Gasteiger partial charge in [0.15, 0.2) is 0 Å². The van der Waals surface area contributed by atoms with Crippen LogP contribution in [0.4, 0.5) is 0 Å². The first-order chi connectivity index (χ1) is 9.22. The fourth-order valence-corrected chi connectivity index (χ4v) is 2.33. The Labute approximate surface area is 115 Å². The van der Waals surface area contributed by atoms with Crippen LogP contribution in [0.3, 0.4) is 0 Å². The zero-order valence-corrected chi connectivity index (χ0v) is 11.5. The normalized spacial score (nSPS) is 13.8. The van der Waals surface area contributed by atoms with Gasteiger partial charge in [-0.05, 0) is 68.0 Å². The lowest BCUT2D eigenvalue weighted by Crippen LogP contribution is -1.87. The van der Waals surface area contributed by atoms with E-state index in [4.69, 9.17) is 0 Å². The summed E-state index contributed by atoms with van der Waals surface area (Å²) in [5.41, 5.74) is 6.39. The number of rotatable bonds is 1. The van der Waals surface area contributed by atoms with Crippen molar-refractivity contribution in [3.8, 4) is 11.8 Å². The maximum absolute atomic E-state index is 3.28. The molecule has 0 heteroatoms. The second kappa shape index (κ2) is 4.94. The number of hydrogen-bond donors (Lipinski definition) is 0. The van der Waals surface area contributed by atoms with Gasteiger partial charge in [-0.1, -0.05) is 35.6 Å². The molecule has 0 heterocycles. The number of hydrogen-bond acceptors (Lipinski definition) is 0. The molecule has 1 saturated carbocycles. The summed E-state index contributed by atoms with van der Waals surface area (Å²) in [5, 5.41) is 0. The van der Waals surface area contributed by atoms with Crippen LogP contribution in [0, 0.1) is 25.7 Å². The Morgan fingerprint density at radius 2 is 1.47 bits per heavy atom. The Morgan fingerprint density at radius 3 is 2.16 bits per heavy atom. The third-order valence-corrected chi connectivity index (χ3v) is 3.70. The quantitative estimate of drug-likeness (QED) is 0.646. The van der Waals surface area contributed by atoms with Crippen molar-refractivity contribution in [2.45, 2.75) is 32.6 Å². The molecule has 0 saturated heterocycles.